The third-order valence-electron chi connectivity index (χ3n) is 11.9. The van der Waals surface area contributed by atoms with Gasteiger partial charge in [0.05, 0.1) is 17.0 Å². The minimum absolute atomic E-state index is 0.0716. The van der Waals surface area contributed by atoms with Crippen molar-refractivity contribution in [1.82, 2.24) is 25.2 Å². The van der Waals surface area contributed by atoms with E-state index in [0.717, 1.165) is 64.3 Å². The highest BCUT2D eigenvalue weighted by Crippen LogP contribution is 2.65. The van der Waals surface area contributed by atoms with Crippen LogP contribution in [-0.4, -0.2) is 92.5 Å². The lowest BCUT2D eigenvalue weighted by Crippen LogP contribution is -2.61. The summed E-state index contributed by atoms with van der Waals surface area (Å²) in [7, 11) is -1.06. The highest BCUT2D eigenvalue weighted by Gasteiger charge is 2.69. The SMILES string of the molecule is CC(C)(C)[C@@H](CN1CCCS1=O)NC(=O)N[C@H](C(=O)N1C[C@H]2[C@@H]([C@H]1C(=O)NC(CC1CCC1)C(=O)C(N)=O)C2(C)C)C1CCCCC1. The van der Waals surface area contributed by atoms with Gasteiger partial charge in [-0.1, -0.05) is 73.1 Å². The van der Waals surface area contributed by atoms with Crippen molar-refractivity contribution in [3.05, 3.63) is 0 Å². The molecule has 47 heavy (non-hydrogen) atoms. The Kier molecular flexibility index (Phi) is 10.8. The maximum Gasteiger partial charge on any atom is 0.315 e. The minimum Gasteiger partial charge on any atom is -0.363 e. The van der Waals surface area contributed by atoms with Crippen LogP contribution in [0.2, 0.25) is 0 Å². The van der Waals surface area contributed by atoms with Gasteiger partial charge in [-0.05, 0) is 60.2 Å². The van der Waals surface area contributed by atoms with Crippen molar-refractivity contribution < 1.29 is 28.2 Å². The lowest BCUT2D eigenvalue weighted by atomic mass is 9.80. The van der Waals surface area contributed by atoms with Crippen LogP contribution >= 0.6 is 0 Å². The van der Waals surface area contributed by atoms with Gasteiger partial charge >= 0.3 is 6.03 Å². The molecule has 2 heterocycles. The number of Topliss-reactive ketones (excluding diaryl/α,β-unsaturated/α-hetero) is 1. The number of nitrogens with zero attached hydrogens (tertiary/aromatic N) is 2. The number of amides is 5. The van der Waals surface area contributed by atoms with Crippen LogP contribution in [0.15, 0.2) is 0 Å². The van der Waals surface area contributed by atoms with Crippen LogP contribution in [0.5, 0.6) is 0 Å². The van der Waals surface area contributed by atoms with Gasteiger partial charge in [-0.25, -0.2) is 13.3 Å². The molecule has 3 saturated carbocycles. The fourth-order valence-electron chi connectivity index (χ4n) is 8.41. The summed E-state index contributed by atoms with van der Waals surface area (Å²) in [5, 5.41) is 9.00. The molecule has 0 spiro atoms. The zero-order chi connectivity index (χ0) is 34.3. The molecule has 7 atom stereocenters. The van der Waals surface area contributed by atoms with E-state index in [9.17, 15) is 28.2 Å². The molecule has 2 saturated heterocycles. The van der Waals surface area contributed by atoms with Gasteiger partial charge in [-0.15, -0.1) is 0 Å². The van der Waals surface area contributed by atoms with Crippen LogP contribution < -0.4 is 21.7 Å². The summed E-state index contributed by atoms with van der Waals surface area (Å²) < 4.78 is 14.4. The molecular formula is C34H56N6O6S. The van der Waals surface area contributed by atoms with Gasteiger partial charge in [-0.3, -0.25) is 19.2 Å². The molecule has 2 aliphatic heterocycles. The zero-order valence-corrected chi connectivity index (χ0v) is 29.7. The van der Waals surface area contributed by atoms with Gasteiger partial charge in [0.25, 0.3) is 5.91 Å². The van der Waals surface area contributed by atoms with Gasteiger partial charge in [0.1, 0.15) is 12.1 Å². The lowest BCUT2D eigenvalue weighted by Gasteiger charge is -2.38. The molecular weight excluding hydrogens is 620 g/mol. The van der Waals surface area contributed by atoms with E-state index < -0.39 is 52.7 Å². The summed E-state index contributed by atoms with van der Waals surface area (Å²) in [4.78, 5) is 68.6. The monoisotopic (exact) mass is 676 g/mol. The second-order valence-corrected chi connectivity index (χ2v) is 18.0. The molecule has 0 aromatic heterocycles. The van der Waals surface area contributed by atoms with Gasteiger partial charge in [0.15, 0.2) is 0 Å². The van der Waals surface area contributed by atoms with Gasteiger partial charge in [0.2, 0.25) is 17.6 Å². The summed E-state index contributed by atoms with van der Waals surface area (Å²) in [5.74, 6) is -1.77. The Morgan fingerprint density at radius 2 is 1.62 bits per heavy atom. The first kappa shape index (κ1) is 35.8. The number of nitrogens with one attached hydrogen (secondary N) is 3. The summed E-state index contributed by atoms with van der Waals surface area (Å²) in [6.07, 6.45) is 8.74. The molecule has 0 aromatic carbocycles. The Morgan fingerprint density at radius 3 is 2.17 bits per heavy atom. The summed E-state index contributed by atoms with van der Waals surface area (Å²) in [6, 6.07) is -3.39. The smallest absolute Gasteiger partial charge is 0.315 e. The minimum atomic E-state index is -1.07. The normalized spacial score (nSPS) is 29.6. The van der Waals surface area contributed by atoms with Gasteiger partial charge < -0.3 is 26.6 Å². The van der Waals surface area contributed by atoms with E-state index in [-0.39, 0.29) is 46.5 Å². The second kappa shape index (κ2) is 14.1. The second-order valence-electron chi connectivity index (χ2n) is 16.4. The van der Waals surface area contributed by atoms with E-state index >= 15 is 0 Å². The van der Waals surface area contributed by atoms with Crippen molar-refractivity contribution >= 4 is 40.5 Å². The van der Waals surface area contributed by atoms with Crippen LogP contribution in [-0.2, 0) is 30.2 Å². The molecule has 0 bridgehead atoms. The third kappa shape index (κ3) is 7.86. The van der Waals surface area contributed by atoms with Crippen LogP contribution in [0.25, 0.3) is 0 Å². The van der Waals surface area contributed by atoms with Crippen molar-refractivity contribution in [3.8, 4) is 0 Å². The van der Waals surface area contributed by atoms with E-state index in [2.05, 4.69) is 29.8 Å². The fourth-order valence-corrected chi connectivity index (χ4v) is 9.70. The number of likely N-dealkylation sites (tertiary alicyclic amines) is 1. The standard InChI is InChI=1S/C34H56N6O6S/c1-33(2,3)24(19-39-15-10-16-47(39)46)37-32(45)38-26(21-13-7-6-8-14-21)31(44)40-18-22-25(34(22,4)5)27(40)30(43)36-23(28(41)29(35)42)17-20-11-9-12-20/h20-27H,6-19H2,1-5H3,(H2,35,42)(H,36,43)(H2,37,38,45)/t22-,23?,24+,25-,26-,27-,47?/m0/s1. The molecule has 3 aliphatic carbocycles. The van der Waals surface area contributed by atoms with Crippen molar-refractivity contribution in [2.24, 2.45) is 40.2 Å². The molecule has 12 nitrogen and oxygen atoms in total. The van der Waals surface area contributed by atoms with Crippen LogP contribution in [0.3, 0.4) is 0 Å². The molecule has 5 fully saturated rings. The summed E-state index contributed by atoms with van der Waals surface area (Å²) in [5.41, 5.74) is 4.89. The number of ketones is 1. The molecule has 5 N–H and O–H groups in total. The number of rotatable bonds is 12. The predicted octanol–water partition coefficient (Wildman–Crippen LogP) is 2.23. The Labute approximate surface area is 282 Å². The van der Waals surface area contributed by atoms with E-state index in [1.807, 2.05) is 25.1 Å². The molecule has 0 aromatic rings. The summed E-state index contributed by atoms with van der Waals surface area (Å²) >= 11 is 0. The van der Waals surface area contributed by atoms with E-state index in [1.165, 1.54) is 0 Å². The fraction of sp³-hybridized carbons (Fsp3) is 0.853. The van der Waals surface area contributed by atoms with Gasteiger partial charge in [-0.2, -0.15) is 0 Å². The molecule has 13 heteroatoms. The molecule has 2 unspecified atom stereocenters. The van der Waals surface area contributed by atoms with Gasteiger partial charge in [0, 0.05) is 31.4 Å². The first-order valence-corrected chi connectivity index (χ1v) is 19.0. The van der Waals surface area contributed by atoms with Crippen LogP contribution in [0.1, 0.15) is 98.8 Å². The number of primary amides is 1. The number of nitrogens with two attached hydrogens (primary N) is 1. The quantitative estimate of drug-likeness (QED) is 0.231. The average molecular weight is 677 g/mol. The van der Waals surface area contributed by atoms with Crippen molar-refractivity contribution in [2.75, 3.05) is 25.4 Å². The predicted molar refractivity (Wildman–Crippen MR) is 179 cm³/mol. The Morgan fingerprint density at radius 1 is 0.936 bits per heavy atom. The Balaban J connectivity index is 1.34. The summed E-state index contributed by atoms with van der Waals surface area (Å²) in [6.45, 7) is 11.8. The maximum absolute atomic E-state index is 14.6. The Bertz CT molecular complexity index is 1260. The van der Waals surface area contributed by atoms with E-state index in [4.69, 9.17) is 5.73 Å². The van der Waals surface area contributed by atoms with E-state index in [0.29, 0.717) is 25.3 Å². The molecule has 5 rings (SSSR count). The molecule has 264 valence electrons. The number of hydrogen-bond donors (Lipinski definition) is 4. The topological polar surface area (TPSA) is 171 Å². The zero-order valence-electron chi connectivity index (χ0n) is 28.8. The number of urea groups is 1. The van der Waals surface area contributed by atoms with E-state index in [1.54, 1.807) is 4.90 Å². The number of carbonyl (C=O) groups excluding carboxylic acids is 5. The number of piperidine rings is 1. The van der Waals surface area contributed by atoms with Crippen molar-refractivity contribution in [3.63, 3.8) is 0 Å². The largest absolute Gasteiger partial charge is 0.363 e. The highest BCUT2D eigenvalue weighted by atomic mass is 32.2. The first-order valence-electron chi connectivity index (χ1n) is 17.7. The molecule has 5 amide bonds. The first-order chi connectivity index (χ1) is 22.1. The molecule has 5 aliphatic rings. The lowest BCUT2D eigenvalue weighted by molar-refractivity contribution is -0.144. The van der Waals surface area contributed by atoms with Crippen LogP contribution in [0.4, 0.5) is 4.79 Å². The number of carbonyl (C=O) groups is 5. The number of hydrogen-bond acceptors (Lipinski definition) is 6. The third-order valence-corrected chi connectivity index (χ3v) is 13.4. The average Bonchev–Trinajstić information content (AvgIpc) is 3.32. The van der Waals surface area contributed by atoms with Crippen LogP contribution in [0, 0.1) is 34.5 Å². The van der Waals surface area contributed by atoms with Crippen molar-refractivity contribution in [2.45, 2.75) is 123 Å². The maximum atomic E-state index is 14.6. The molecule has 0 radical (unpaired) electrons. The van der Waals surface area contributed by atoms with Crippen molar-refractivity contribution in [1.29, 1.82) is 0 Å². The Hall–Kier alpha value is -2.54. The highest BCUT2D eigenvalue weighted by molar-refractivity contribution is 7.82. The number of fused-ring (bicyclic) bond motifs is 1.